The Morgan fingerprint density at radius 2 is 2.11 bits per heavy atom. The van der Waals surface area contributed by atoms with E-state index in [1.165, 1.54) is 30.9 Å². The summed E-state index contributed by atoms with van der Waals surface area (Å²) < 4.78 is 13.6. The molecule has 0 unspecified atom stereocenters. The summed E-state index contributed by atoms with van der Waals surface area (Å²) >= 11 is 6.97. The van der Waals surface area contributed by atoms with Gasteiger partial charge in [-0.1, -0.05) is 29.4 Å². The number of ketones is 1. The maximum atomic E-state index is 13.6. The largest absolute Gasteiger partial charge is 0.294 e. The van der Waals surface area contributed by atoms with Crippen molar-refractivity contribution < 1.29 is 9.18 Å². The van der Waals surface area contributed by atoms with Crippen molar-refractivity contribution in [1.82, 2.24) is 4.98 Å². The predicted molar refractivity (Wildman–Crippen MR) is 69.8 cm³/mol. The lowest BCUT2D eigenvalue weighted by Gasteiger charge is -2.06. The van der Waals surface area contributed by atoms with Crippen molar-refractivity contribution in [2.45, 2.75) is 16.8 Å². The summed E-state index contributed by atoms with van der Waals surface area (Å²) in [5.74, 6) is -0.814. The fourth-order valence-electron chi connectivity index (χ4n) is 1.47. The van der Waals surface area contributed by atoms with Crippen molar-refractivity contribution in [2.24, 2.45) is 0 Å². The smallest absolute Gasteiger partial charge is 0.163 e. The molecule has 0 aliphatic carbocycles. The van der Waals surface area contributed by atoms with Crippen LogP contribution in [0.2, 0.25) is 5.02 Å². The molecule has 0 saturated heterocycles. The standard InChI is InChI=1S/C13H9ClFNOS/c1-8(17)13-10(15)3-2-4-11(13)18-12-6-5-9(14)7-16-12/h2-7H,1H3. The van der Waals surface area contributed by atoms with Gasteiger partial charge >= 0.3 is 0 Å². The van der Waals surface area contributed by atoms with Gasteiger partial charge in [-0.25, -0.2) is 9.37 Å². The zero-order valence-electron chi connectivity index (χ0n) is 9.48. The molecule has 92 valence electrons. The molecular formula is C13H9ClFNOS. The van der Waals surface area contributed by atoms with E-state index in [4.69, 9.17) is 11.6 Å². The highest BCUT2D eigenvalue weighted by Crippen LogP contribution is 2.31. The van der Waals surface area contributed by atoms with Gasteiger partial charge in [0, 0.05) is 11.1 Å². The van der Waals surface area contributed by atoms with Gasteiger partial charge in [0.2, 0.25) is 0 Å². The summed E-state index contributed by atoms with van der Waals surface area (Å²) in [6.07, 6.45) is 1.51. The fourth-order valence-corrected chi connectivity index (χ4v) is 2.53. The molecule has 1 aromatic carbocycles. The fraction of sp³-hybridized carbons (Fsp3) is 0.0769. The zero-order valence-corrected chi connectivity index (χ0v) is 11.1. The first-order valence-electron chi connectivity index (χ1n) is 5.17. The quantitative estimate of drug-likeness (QED) is 0.789. The van der Waals surface area contributed by atoms with Gasteiger partial charge < -0.3 is 0 Å². The topological polar surface area (TPSA) is 30.0 Å². The molecule has 0 atom stereocenters. The third-order valence-electron chi connectivity index (χ3n) is 2.24. The van der Waals surface area contributed by atoms with Crippen molar-refractivity contribution in [3.8, 4) is 0 Å². The molecule has 2 nitrogen and oxygen atoms in total. The second-order valence-electron chi connectivity index (χ2n) is 3.59. The van der Waals surface area contributed by atoms with Crippen LogP contribution in [0.4, 0.5) is 4.39 Å². The molecule has 0 radical (unpaired) electrons. The highest BCUT2D eigenvalue weighted by Gasteiger charge is 2.14. The van der Waals surface area contributed by atoms with Gasteiger partial charge in [0.1, 0.15) is 10.8 Å². The first-order chi connectivity index (χ1) is 8.58. The van der Waals surface area contributed by atoms with Crippen molar-refractivity contribution in [2.75, 3.05) is 0 Å². The maximum Gasteiger partial charge on any atom is 0.163 e. The van der Waals surface area contributed by atoms with Crippen LogP contribution in [-0.4, -0.2) is 10.8 Å². The highest BCUT2D eigenvalue weighted by atomic mass is 35.5. The SMILES string of the molecule is CC(=O)c1c(F)cccc1Sc1ccc(Cl)cn1. The average Bonchev–Trinajstić information content (AvgIpc) is 2.32. The van der Waals surface area contributed by atoms with Gasteiger partial charge in [-0.05, 0) is 31.2 Å². The van der Waals surface area contributed by atoms with Crippen LogP contribution in [0.25, 0.3) is 0 Å². The van der Waals surface area contributed by atoms with Crippen LogP contribution in [0.1, 0.15) is 17.3 Å². The van der Waals surface area contributed by atoms with Gasteiger partial charge in [-0.2, -0.15) is 0 Å². The molecule has 18 heavy (non-hydrogen) atoms. The Balaban J connectivity index is 2.37. The molecule has 2 aromatic rings. The van der Waals surface area contributed by atoms with Crippen LogP contribution in [0, 0.1) is 5.82 Å². The number of aromatic nitrogens is 1. The number of hydrogen-bond donors (Lipinski definition) is 0. The number of rotatable bonds is 3. The summed E-state index contributed by atoms with van der Waals surface area (Å²) in [6.45, 7) is 1.35. The number of carbonyl (C=O) groups is 1. The lowest BCUT2D eigenvalue weighted by molar-refractivity contribution is 0.101. The first kappa shape index (κ1) is 13.1. The van der Waals surface area contributed by atoms with E-state index in [0.717, 1.165) is 0 Å². The van der Waals surface area contributed by atoms with Crippen molar-refractivity contribution in [1.29, 1.82) is 0 Å². The molecule has 0 saturated carbocycles. The number of benzene rings is 1. The summed E-state index contributed by atoms with van der Waals surface area (Å²) in [5.41, 5.74) is 0.0965. The highest BCUT2D eigenvalue weighted by molar-refractivity contribution is 7.99. The normalized spacial score (nSPS) is 10.4. The second-order valence-corrected chi connectivity index (χ2v) is 5.08. The maximum absolute atomic E-state index is 13.6. The Morgan fingerprint density at radius 1 is 1.33 bits per heavy atom. The minimum absolute atomic E-state index is 0.0965. The van der Waals surface area contributed by atoms with Gasteiger partial charge in [-0.3, -0.25) is 4.79 Å². The van der Waals surface area contributed by atoms with Crippen LogP contribution in [0.5, 0.6) is 0 Å². The van der Waals surface area contributed by atoms with E-state index >= 15 is 0 Å². The van der Waals surface area contributed by atoms with Gasteiger partial charge in [0.05, 0.1) is 10.6 Å². The monoisotopic (exact) mass is 281 g/mol. The van der Waals surface area contributed by atoms with E-state index in [9.17, 15) is 9.18 Å². The van der Waals surface area contributed by atoms with Crippen LogP contribution < -0.4 is 0 Å². The number of hydrogen-bond acceptors (Lipinski definition) is 3. The lowest BCUT2D eigenvalue weighted by Crippen LogP contribution is -1.99. The number of halogens is 2. The molecule has 0 aliphatic rings. The van der Waals surface area contributed by atoms with E-state index < -0.39 is 5.82 Å². The van der Waals surface area contributed by atoms with Gasteiger partial charge in [0.15, 0.2) is 5.78 Å². The van der Waals surface area contributed by atoms with Crippen LogP contribution in [0.15, 0.2) is 46.5 Å². The van der Waals surface area contributed by atoms with Crippen LogP contribution >= 0.6 is 23.4 Å². The molecule has 5 heteroatoms. The summed E-state index contributed by atoms with van der Waals surface area (Å²) in [5, 5.41) is 1.19. The lowest BCUT2D eigenvalue weighted by atomic mass is 10.1. The molecule has 0 fully saturated rings. The molecule has 0 N–H and O–H groups in total. The summed E-state index contributed by atoms with van der Waals surface area (Å²) in [6, 6.07) is 7.96. The van der Waals surface area contributed by atoms with Crippen LogP contribution in [-0.2, 0) is 0 Å². The number of Topliss-reactive ketones (excluding diaryl/α,β-unsaturated/α-hetero) is 1. The van der Waals surface area contributed by atoms with Gasteiger partial charge in [-0.15, -0.1) is 0 Å². The Kier molecular flexibility index (Phi) is 3.99. The Bertz CT molecular complexity index is 586. The third kappa shape index (κ3) is 2.89. The minimum atomic E-state index is -0.513. The average molecular weight is 282 g/mol. The Hall–Kier alpha value is -1.39. The number of nitrogens with zero attached hydrogens (tertiary/aromatic N) is 1. The molecule has 0 amide bonds. The summed E-state index contributed by atoms with van der Waals surface area (Å²) in [7, 11) is 0. The number of pyridine rings is 1. The van der Waals surface area contributed by atoms with Crippen molar-refractivity contribution in [3.63, 3.8) is 0 Å². The van der Waals surface area contributed by atoms with E-state index in [2.05, 4.69) is 4.98 Å². The predicted octanol–water partition coefficient (Wildman–Crippen LogP) is 4.23. The molecule has 1 aromatic heterocycles. The molecule has 0 aliphatic heterocycles. The zero-order chi connectivity index (χ0) is 13.1. The molecule has 0 spiro atoms. The molecule has 2 rings (SSSR count). The van der Waals surface area contributed by atoms with Crippen molar-refractivity contribution in [3.05, 3.63) is 52.9 Å². The third-order valence-corrected chi connectivity index (χ3v) is 3.48. The Morgan fingerprint density at radius 3 is 2.72 bits per heavy atom. The van der Waals surface area contributed by atoms with E-state index in [1.54, 1.807) is 24.3 Å². The van der Waals surface area contributed by atoms with Gasteiger partial charge in [0.25, 0.3) is 0 Å². The molecular weight excluding hydrogens is 273 g/mol. The number of carbonyl (C=O) groups excluding carboxylic acids is 1. The first-order valence-corrected chi connectivity index (χ1v) is 6.36. The summed E-state index contributed by atoms with van der Waals surface area (Å²) in [4.78, 5) is 16.1. The van der Waals surface area contributed by atoms with Crippen LogP contribution in [0.3, 0.4) is 0 Å². The molecule has 0 bridgehead atoms. The second kappa shape index (κ2) is 5.50. The Labute approximate surface area is 113 Å². The van der Waals surface area contributed by atoms with E-state index in [1.807, 2.05) is 0 Å². The van der Waals surface area contributed by atoms with E-state index in [-0.39, 0.29) is 11.3 Å². The van der Waals surface area contributed by atoms with E-state index in [0.29, 0.717) is 14.9 Å². The molecule has 1 heterocycles. The van der Waals surface area contributed by atoms with Crippen molar-refractivity contribution >= 4 is 29.1 Å². The minimum Gasteiger partial charge on any atom is -0.294 e.